The first-order valence-electron chi connectivity index (χ1n) is 8.27. The molecule has 25 heavy (non-hydrogen) atoms. The molecule has 1 aromatic carbocycles. The molecule has 1 N–H and O–H groups in total. The maximum Gasteiger partial charge on any atom is 0.378 e. The van der Waals surface area contributed by atoms with Crippen LogP contribution in [0.5, 0.6) is 5.75 Å². The quantitative estimate of drug-likeness (QED) is 0.792. The Bertz CT molecular complexity index is 673. The number of esters is 1. The molecule has 0 amide bonds. The standard InChI is InChI=1S/C18H20F2O5/c1-17(9-11-2-5-13(17)8-11)25-14-6-3-12(4-7-14)15(21)24-10-18(19,20)16(22)23/h3-4,6-7,11,13H,2,5,8-10H2,1H3,(H,22,23). The third-order valence-electron chi connectivity index (χ3n) is 5.24. The lowest BCUT2D eigenvalue weighted by atomic mass is 9.85. The molecule has 0 saturated heterocycles. The van der Waals surface area contributed by atoms with E-state index in [0.29, 0.717) is 11.7 Å². The first kappa shape index (κ1) is 17.6. The number of carboxylic acid groups (broad SMARTS) is 1. The maximum absolute atomic E-state index is 12.9. The van der Waals surface area contributed by atoms with Gasteiger partial charge >= 0.3 is 17.9 Å². The average Bonchev–Trinajstić information content (AvgIpc) is 3.13. The van der Waals surface area contributed by atoms with E-state index < -0.39 is 24.5 Å². The van der Waals surface area contributed by atoms with Crippen LogP contribution in [-0.4, -0.2) is 35.2 Å². The van der Waals surface area contributed by atoms with Crippen LogP contribution < -0.4 is 4.74 Å². The van der Waals surface area contributed by atoms with E-state index in [1.807, 2.05) is 0 Å². The van der Waals surface area contributed by atoms with Crippen molar-refractivity contribution in [2.75, 3.05) is 6.61 Å². The number of aliphatic carboxylic acids is 1. The van der Waals surface area contributed by atoms with Crippen LogP contribution in [0.25, 0.3) is 0 Å². The van der Waals surface area contributed by atoms with Gasteiger partial charge in [-0.25, -0.2) is 9.59 Å². The number of fused-ring (bicyclic) bond motifs is 2. The smallest absolute Gasteiger partial charge is 0.378 e. The second-order valence-corrected chi connectivity index (χ2v) is 7.10. The lowest BCUT2D eigenvalue weighted by Crippen LogP contribution is -2.38. The molecule has 1 aromatic rings. The highest BCUT2D eigenvalue weighted by atomic mass is 19.3. The lowest BCUT2D eigenvalue weighted by molar-refractivity contribution is -0.170. The molecule has 2 fully saturated rings. The number of carboxylic acids is 1. The highest BCUT2D eigenvalue weighted by Gasteiger charge is 2.49. The van der Waals surface area contributed by atoms with Gasteiger partial charge in [0.05, 0.1) is 5.56 Å². The number of alkyl halides is 2. The van der Waals surface area contributed by atoms with Gasteiger partial charge in [-0.2, -0.15) is 8.78 Å². The third kappa shape index (κ3) is 3.60. The Morgan fingerprint density at radius 3 is 2.48 bits per heavy atom. The number of rotatable bonds is 6. The Labute approximate surface area is 143 Å². The van der Waals surface area contributed by atoms with Gasteiger partial charge in [0.1, 0.15) is 11.4 Å². The van der Waals surface area contributed by atoms with E-state index in [-0.39, 0.29) is 11.2 Å². The van der Waals surface area contributed by atoms with E-state index in [4.69, 9.17) is 9.84 Å². The number of benzene rings is 1. The van der Waals surface area contributed by atoms with Crippen LogP contribution in [0, 0.1) is 11.8 Å². The summed E-state index contributed by atoms with van der Waals surface area (Å²) in [6.45, 7) is 0.605. The van der Waals surface area contributed by atoms with E-state index in [1.54, 1.807) is 12.1 Å². The number of hydrogen-bond donors (Lipinski definition) is 1. The van der Waals surface area contributed by atoms with E-state index >= 15 is 0 Å². The first-order chi connectivity index (χ1) is 11.7. The number of carbonyl (C=O) groups excluding carboxylic acids is 1. The van der Waals surface area contributed by atoms with E-state index in [2.05, 4.69) is 11.7 Å². The van der Waals surface area contributed by atoms with Gasteiger partial charge in [-0.1, -0.05) is 0 Å². The molecule has 0 aliphatic heterocycles. The second-order valence-electron chi connectivity index (χ2n) is 7.10. The summed E-state index contributed by atoms with van der Waals surface area (Å²) in [5.41, 5.74) is -0.138. The van der Waals surface area contributed by atoms with Crippen molar-refractivity contribution in [3.05, 3.63) is 29.8 Å². The van der Waals surface area contributed by atoms with Crippen LogP contribution in [0.4, 0.5) is 8.78 Å². The number of carbonyl (C=O) groups is 2. The summed E-state index contributed by atoms with van der Waals surface area (Å²) in [5.74, 6) is -5.56. The Hall–Kier alpha value is -2.18. The van der Waals surface area contributed by atoms with Gasteiger partial charge in [0, 0.05) is 0 Å². The Morgan fingerprint density at radius 1 is 1.28 bits per heavy atom. The van der Waals surface area contributed by atoms with Crippen molar-refractivity contribution in [2.24, 2.45) is 11.8 Å². The number of halogens is 2. The molecule has 0 heterocycles. The van der Waals surface area contributed by atoms with Crippen LogP contribution in [0.2, 0.25) is 0 Å². The summed E-state index contributed by atoms with van der Waals surface area (Å²) in [6.07, 6.45) is 4.64. The predicted molar refractivity (Wildman–Crippen MR) is 83.8 cm³/mol. The van der Waals surface area contributed by atoms with Gasteiger partial charge in [-0.3, -0.25) is 0 Å². The van der Waals surface area contributed by atoms with Crippen molar-refractivity contribution in [1.29, 1.82) is 0 Å². The second kappa shape index (κ2) is 6.28. The molecule has 3 atom stereocenters. The molecule has 2 aliphatic rings. The minimum absolute atomic E-state index is 0.0617. The zero-order valence-electron chi connectivity index (χ0n) is 13.8. The van der Waals surface area contributed by atoms with Crippen LogP contribution in [0.15, 0.2) is 24.3 Å². The van der Waals surface area contributed by atoms with Crippen LogP contribution >= 0.6 is 0 Å². The van der Waals surface area contributed by atoms with Crippen molar-refractivity contribution >= 4 is 11.9 Å². The zero-order chi connectivity index (χ0) is 18.2. The Balaban J connectivity index is 1.59. The van der Waals surface area contributed by atoms with Crippen LogP contribution in [0.1, 0.15) is 43.0 Å². The van der Waals surface area contributed by atoms with Gasteiger partial charge in [0.25, 0.3) is 0 Å². The van der Waals surface area contributed by atoms with Gasteiger partial charge < -0.3 is 14.6 Å². The molecule has 3 unspecified atom stereocenters. The van der Waals surface area contributed by atoms with Gasteiger partial charge in [-0.15, -0.1) is 0 Å². The molecule has 3 rings (SSSR count). The van der Waals surface area contributed by atoms with Crippen molar-refractivity contribution in [1.82, 2.24) is 0 Å². The summed E-state index contributed by atoms with van der Waals surface area (Å²) in [6, 6.07) is 6.05. The molecular weight excluding hydrogens is 334 g/mol. The molecular formula is C18H20F2O5. The van der Waals surface area contributed by atoms with Gasteiger partial charge in [0.15, 0.2) is 6.61 Å². The summed E-state index contributed by atoms with van der Waals surface area (Å²) in [5, 5.41) is 8.31. The molecule has 2 bridgehead atoms. The van der Waals surface area contributed by atoms with Crippen LogP contribution in [-0.2, 0) is 9.53 Å². The molecule has 2 aliphatic carbocycles. The maximum atomic E-state index is 12.9. The average molecular weight is 354 g/mol. The summed E-state index contributed by atoms with van der Waals surface area (Å²) in [4.78, 5) is 22.1. The summed E-state index contributed by atoms with van der Waals surface area (Å²) in [7, 11) is 0. The Kier molecular flexibility index (Phi) is 4.43. The fourth-order valence-electron chi connectivity index (χ4n) is 3.91. The highest BCUT2D eigenvalue weighted by molar-refractivity contribution is 5.89. The molecule has 2 saturated carbocycles. The minimum Gasteiger partial charge on any atom is -0.487 e. The first-order valence-corrected chi connectivity index (χ1v) is 8.27. The number of ether oxygens (including phenoxy) is 2. The van der Waals surface area contributed by atoms with E-state index in [1.165, 1.54) is 31.4 Å². The normalized spacial score (nSPS) is 28.0. The van der Waals surface area contributed by atoms with E-state index in [0.717, 1.165) is 12.3 Å². The lowest BCUT2D eigenvalue weighted by Gasteiger charge is -2.34. The minimum atomic E-state index is -4.10. The fourth-order valence-corrected chi connectivity index (χ4v) is 3.91. The molecule has 5 nitrogen and oxygen atoms in total. The van der Waals surface area contributed by atoms with Crippen molar-refractivity contribution in [3.63, 3.8) is 0 Å². The third-order valence-corrected chi connectivity index (χ3v) is 5.24. The topological polar surface area (TPSA) is 72.8 Å². The molecule has 0 aromatic heterocycles. The van der Waals surface area contributed by atoms with Crippen molar-refractivity contribution in [2.45, 2.75) is 44.1 Å². The van der Waals surface area contributed by atoms with Crippen molar-refractivity contribution < 1.29 is 33.0 Å². The summed E-state index contributed by atoms with van der Waals surface area (Å²) < 4.78 is 36.4. The zero-order valence-corrected chi connectivity index (χ0v) is 13.8. The molecule has 0 spiro atoms. The summed E-state index contributed by atoms with van der Waals surface area (Å²) >= 11 is 0. The monoisotopic (exact) mass is 354 g/mol. The highest BCUT2D eigenvalue weighted by Crippen LogP contribution is 2.52. The molecule has 7 heteroatoms. The van der Waals surface area contributed by atoms with Crippen LogP contribution in [0.3, 0.4) is 0 Å². The van der Waals surface area contributed by atoms with E-state index in [9.17, 15) is 18.4 Å². The van der Waals surface area contributed by atoms with Crippen molar-refractivity contribution in [3.8, 4) is 5.75 Å². The van der Waals surface area contributed by atoms with Gasteiger partial charge in [0.2, 0.25) is 0 Å². The predicted octanol–water partition coefficient (Wildman–Crippen LogP) is 3.52. The fraction of sp³-hybridized carbons (Fsp3) is 0.556. The Morgan fingerprint density at radius 2 is 1.96 bits per heavy atom. The largest absolute Gasteiger partial charge is 0.487 e. The molecule has 0 radical (unpaired) electrons. The number of hydrogen-bond acceptors (Lipinski definition) is 4. The SMILES string of the molecule is CC1(Oc2ccc(C(=O)OCC(F)(F)C(=O)O)cc2)CC2CCC1C2. The van der Waals surface area contributed by atoms with Gasteiger partial charge in [-0.05, 0) is 68.7 Å². The molecule has 136 valence electrons.